The molecule has 44 heavy (non-hydrogen) atoms. The number of fused-ring (bicyclic) bond motifs is 6. The van der Waals surface area contributed by atoms with Crippen LogP contribution in [0.1, 0.15) is 57.0 Å². The minimum Gasteiger partial charge on any atom is -0.457 e. The molecular weight excluding hydrogens is 602 g/mol. The Morgan fingerprint density at radius 2 is 1.98 bits per heavy atom. The first-order chi connectivity index (χ1) is 20.9. The van der Waals surface area contributed by atoms with E-state index in [2.05, 4.69) is 4.98 Å². The van der Waals surface area contributed by atoms with Crippen LogP contribution >= 0.6 is 23.4 Å². The molecule has 0 saturated heterocycles. The van der Waals surface area contributed by atoms with Crippen LogP contribution in [0.3, 0.4) is 0 Å². The number of aromatic nitrogens is 1. The van der Waals surface area contributed by atoms with E-state index in [4.69, 9.17) is 25.2 Å². The number of nitrogens with zero attached hydrogens (tertiary/aromatic N) is 1. The van der Waals surface area contributed by atoms with Crippen LogP contribution in [0.2, 0.25) is 0 Å². The molecule has 1 N–H and O–H groups in total. The predicted molar refractivity (Wildman–Crippen MR) is 164 cm³/mol. The minimum atomic E-state index is -1.57. The molecule has 4 aliphatic carbocycles. The van der Waals surface area contributed by atoms with E-state index in [1.165, 1.54) is 18.4 Å². The Morgan fingerprint density at radius 3 is 2.73 bits per heavy atom. The SMILES string of the molecule is C[C@@H]1CC2C3CCC4=CC(=O)C=CC4(C)[C@@]3(Cl)[C@@H](O)CC2(C)[C@@]1(OC(=O)c1ccco1)C(=O)CSc1nc2ccccc2o1. The molecule has 0 radical (unpaired) electrons. The molecule has 7 rings (SSSR count). The summed E-state index contributed by atoms with van der Waals surface area (Å²) in [7, 11) is 0. The highest BCUT2D eigenvalue weighted by Gasteiger charge is 2.76. The molecule has 8 nitrogen and oxygen atoms in total. The van der Waals surface area contributed by atoms with E-state index in [9.17, 15) is 19.5 Å². The Kier molecular flexibility index (Phi) is 6.85. The Morgan fingerprint density at radius 1 is 1.18 bits per heavy atom. The third-order valence-electron chi connectivity index (χ3n) is 11.2. The van der Waals surface area contributed by atoms with Crippen molar-refractivity contribution in [2.75, 3.05) is 5.75 Å². The normalized spacial score (nSPS) is 37.7. The topological polar surface area (TPSA) is 120 Å². The second-order valence-electron chi connectivity index (χ2n) is 13.2. The average Bonchev–Trinajstić information content (AvgIpc) is 3.72. The zero-order chi connectivity index (χ0) is 31.1. The van der Waals surface area contributed by atoms with E-state index in [1.807, 2.05) is 51.1 Å². The van der Waals surface area contributed by atoms with Crippen LogP contribution in [-0.2, 0) is 14.3 Å². The van der Waals surface area contributed by atoms with Gasteiger partial charge in [0.1, 0.15) is 5.52 Å². The third-order valence-corrected chi connectivity index (χ3v) is 12.9. The number of oxazole rings is 1. The number of carbonyl (C=O) groups is 3. The lowest BCUT2D eigenvalue weighted by Crippen LogP contribution is -2.69. The Labute approximate surface area is 264 Å². The van der Waals surface area contributed by atoms with E-state index < -0.39 is 33.4 Å². The molecule has 10 heteroatoms. The van der Waals surface area contributed by atoms with Crippen molar-refractivity contribution in [3.05, 3.63) is 72.2 Å². The molecule has 2 heterocycles. The summed E-state index contributed by atoms with van der Waals surface area (Å²) in [6, 6.07) is 10.5. The average molecular weight is 636 g/mol. The number of benzene rings is 1. The molecule has 0 bridgehead atoms. The number of halogens is 1. The minimum absolute atomic E-state index is 0.00282. The van der Waals surface area contributed by atoms with Gasteiger partial charge in [-0.2, -0.15) is 0 Å². The molecule has 230 valence electrons. The number of ketones is 2. The molecule has 2 aromatic heterocycles. The Hall–Kier alpha value is -3.14. The fourth-order valence-corrected chi connectivity index (χ4v) is 10.4. The van der Waals surface area contributed by atoms with Crippen LogP contribution < -0.4 is 0 Å². The van der Waals surface area contributed by atoms with Gasteiger partial charge >= 0.3 is 5.97 Å². The first kappa shape index (κ1) is 29.6. The quantitative estimate of drug-likeness (QED) is 0.182. The highest BCUT2D eigenvalue weighted by atomic mass is 35.5. The summed E-state index contributed by atoms with van der Waals surface area (Å²) in [5, 5.41) is 12.4. The van der Waals surface area contributed by atoms with Crippen molar-refractivity contribution >= 4 is 52.0 Å². The molecule has 3 saturated carbocycles. The van der Waals surface area contributed by atoms with Gasteiger partial charge in [0.05, 0.1) is 23.0 Å². The molecule has 0 aliphatic heterocycles. The van der Waals surface area contributed by atoms with Crippen LogP contribution in [0.4, 0.5) is 0 Å². The van der Waals surface area contributed by atoms with Crippen LogP contribution in [-0.4, -0.2) is 50.0 Å². The van der Waals surface area contributed by atoms with E-state index in [-0.39, 0.29) is 47.3 Å². The van der Waals surface area contributed by atoms with Crippen molar-refractivity contribution in [3.63, 3.8) is 0 Å². The van der Waals surface area contributed by atoms with Crippen LogP contribution in [0.15, 0.2) is 80.5 Å². The second kappa shape index (κ2) is 10.2. The number of hydrogen-bond donors (Lipinski definition) is 1. The largest absolute Gasteiger partial charge is 0.457 e. The number of carbonyl (C=O) groups excluding carboxylic acids is 3. The van der Waals surface area contributed by atoms with Gasteiger partial charge in [-0.05, 0) is 73.9 Å². The number of Topliss-reactive ketones (excluding diaryl/α,β-unsaturated/α-hetero) is 1. The summed E-state index contributed by atoms with van der Waals surface area (Å²) in [5.41, 5.74) is -1.02. The number of thioether (sulfide) groups is 1. The van der Waals surface area contributed by atoms with Gasteiger partial charge in [-0.15, -0.1) is 11.6 Å². The summed E-state index contributed by atoms with van der Waals surface area (Å²) >= 11 is 8.78. The van der Waals surface area contributed by atoms with Gasteiger partial charge < -0.3 is 18.7 Å². The van der Waals surface area contributed by atoms with Gasteiger partial charge in [0.2, 0.25) is 5.76 Å². The lowest BCUT2D eigenvalue weighted by Gasteiger charge is -2.64. The van der Waals surface area contributed by atoms with Crippen molar-refractivity contribution in [2.45, 2.75) is 68.3 Å². The van der Waals surface area contributed by atoms with E-state index in [1.54, 1.807) is 12.1 Å². The fourth-order valence-electron chi connectivity index (χ4n) is 9.14. The third kappa shape index (κ3) is 3.94. The van der Waals surface area contributed by atoms with Gasteiger partial charge in [-0.3, -0.25) is 9.59 Å². The summed E-state index contributed by atoms with van der Waals surface area (Å²) < 4.78 is 17.6. The zero-order valence-electron chi connectivity index (χ0n) is 24.7. The van der Waals surface area contributed by atoms with E-state index in [0.717, 1.165) is 17.3 Å². The summed E-state index contributed by atoms with van der Waals surface area (Å²) in [5.74, 6) is -1.86. The van der Waals surface area contributed by atoms with E-state index >= 15 is 0 Å². The molecule has 0 amide bonds. The number of hydrogen-bond acceptors (Lipinski definition) is 9. The Balaban J connectivity index is 1.28. The smallest absolute Gasteiger partial charge is 0.375 e. The molecule has 0 spiro atoms. The maximum Gasteiger partial charge on any atom is 0.375 e. The summed E-state index contributed by atoms with van der Waals surface area (Å²) in [6.07, 6.45) is 7.38. The molecule has 8 atom stereocenters. The van der Waals surface area contributed by atoms with E-state index in [0.29, 0.717) is 35.6 Å². The van der Waals surface area contributed by atoms with Gasteiger partial charge in [0, 0.05) is 16.7 Å². The zero-order valence-corrected chi connectivity index (χ0v) is 26.3. The van der Waals surface area contributed by atoms with Crippen molar-refractivity contribution in [1.82, 2.24) is 4.98 Å². The molecular formula is C34H34ClNO7S. The van der Waals surface area contributed by atoms with Gasteiger partial charge in [-0.25, -0.2) is 9.78 Å². The fraction of sp³-hybridized carbons (Fsp3) is 0.471. The lowest BCUT2D eigenvalue weighted by molar-refractivity contribution is -0.177. The standard InChI is InChI=1S/C34H34ClNO7S/c1-19-15-23-22-11-10-20-16-21(37)12-13-31(20,2)33(22,35)27(38)17-32(23,3)34(19,43-29(40)26-9-6-14-41-26)28(39)18-44-30-36-24-7-4-5-8-25(24)42-30/h4-9,12-14,16,19,22-23,27,38H,10-11,15,17-18H2,1-3H3/t19-,22?,23?,27+,31?,32?,33+,34+/m1/s1. The number of ether oxygens (including phenoxy) is 1. The number of aliphatic hydroxyl groups is 1. The predicted octanol–water partition coefficient (Wildman–Crippen LogP) is 6.56. The van der Waals surface area contributed by atoms with Crippen molar-refractivity contribution < 1.29 is 33.1 Å². The number of rotatable bonds is 6. The maximum absolute atomic E-state index is 14.6. The van der Waals surface area contributed by atoms with Crippen molar-refractivity contribution in [1.29, 1.82) is 0 Å². The first-order valence-electron chi connectivity index (χ1n) is 15.0. The second-order valence-corrected chi connectivity index (χ2v) is 14.7. The van der Waals surface area contributed by atoms with Gasteiger partial charge in [0.25, 0.3) is 5.22 Å². The number of aliphatic hydroxyl groups excluding tert-OH is 1. The highest BCUT2D eigenvalue weighted by molar-refractivity contribution is 7.99. The number of allylic oxidation sites excluding steroid dienone is 4. The molecule has 3 aromatic rings. The highest BCUT2D eigenvalue weighted by Crippen LogP contribution is 2.72. The summed E-state index contributed by atoms with van der Waals surface area (Å²) in [4.78, 5) is 43.9. The first-order valence-corrected chi connectivity index (χ1v) is 16.4. The van der Waals surface area contributed by atoms with Gasteiger partial charge in [0.15, 0.2) is 22.8 Å². The lowest BCUT2D eigenvalue weighted by atomic mass is 9.45. The van der Waals surface area contributed by atoms with Crippen LogP contribution in [0.25, 0.3) is 11.1 Å². The number of furan rings is 1. The molecule has 1 aromatic carbocycles. The number of para-hydroxylation sites is 2. The molecule has 4 aliphatic rings. The molecule has 4 unspecified atom stereocenters. The maximum atomic E-state index is 14.6. The monoisotopic (exact) mass is 635 g/mol. The van der Waals surface area contributed by atoms with Crippen molar-refractivity contribution in [3.8, 4) is 0 Å². The van der Waals surface area contributed by atoms with Gasteiger partial charge in [-0.1, -0.05) is 56.3 Å². The number of alkyl halides is 1. The van der Waals surface area contributed by atoms with Crippen molar-refractivity contribution in [2.24, 2.45) is 28.6 Å². The molecule has 3 fully saturated rings. The number of esters is 1. The van der Waals surface area contributed by atoms with Crippen LogP contribution in [0.5, 0.6) is 0 Å². The van der Waals surface area contributed by atoms with Crippen LogP contribution in [0, 0.1) is 28.6 Å². The summed E-state index contributed by atoms with van der Waals surface area (Å²) in [6.45, 7) is 5.90. The Bertz CT molecular complexity index is 1700.